The highest BCUT2D eigenvalue weighted by Gasteiger charge is 2.41. The van der Waals surface area contributed by atoms with Gasteiger partial charge >= 0.3 is 0 Å². The van der Waals surface area contributed by atoms with E-state index in [4.69, 9.17) is 12.2 Å². The third-order valence-electron chi connectivity index (χ3n) is 4.30. The van der Waals surface area contributed by atoms with Crippen molar-refractivity contribution in [3.8, 4) is 0 Å². The largest absolute Gasteiger partial charge is 0.332 e. The number of carbonyl (C=O) groups is 2. The lowest BCUT2D eigenvalue weighted by atomic mass is 10.1. The van der Waals surface area contributed by atoms with E-state index in [9.17, 15) is 14.0 Å². The standard InChI is InChI=1S/C19H17BrFN3O2S/c1-23-18(26)16(10-17(25)22-15-8-4-13(20)5-9-15)24(19(23)27)11-12-2-6-14(21)7-3-12/h2-9,16H,10-11H2,1H3,(H,22,25). The fourth-order valence-electron chi connectivity index (χ4n) is 2.86. The van der Waals surface area contributed by atoms with Crippen LogP contribution in [0.15, 0.2) is 53.0 Å². The second-order valence-electron chi connectivity index (χ2n) is 6.21. The quantitative estimate of drug-likeness (QED) is 0.709. The van der Waals surface area contributed by atoms with E-state index in [0.29, 0.717) is 17.3 Å². The van der Waals surface area contributed by atoms with E-state index < -0.39 is 6.04 Å². The number of benzene rings is 2. The molecule has 0 aliphatic carbocycles. The van der Waals surface area contributed by atoms with Crippen LogP contribution in [0.1, 0.15) is 12.0 Å². The van der Waals surface area contributed by atoms with Crippen LogP contribution in [0.5, 0.6) is 0 Å². The number of hydrogen-bond acceptors (Lipinski definition) is 3. The van der Waals surface area contributed by atoms with Crippen molar-refractivity contribution in [3.05, 3.63) is 64.4 Å². The zero-order valence-corrected chi connectivity index (χ0v) is 16.9. The molecular formula is C19H17BrFN3O2S. The molecule has 2 aromatic carbocycles. The molecule has 1 saturated heterocycles. The number of amides is 2. The summed E-state index contributed by atoms with van der Waals surface area (Å²) in [5.74, 6) is -0.840. The molecule has 2 amide bonds. The lowest BCUT2D eigenvalue weighted by Crippen LogP contribution is -2.37. The minimum atomic E-state index is -0.692. The normalized spacial score (nSPS) is 16.8. The predicted molar refractivity (Wildman–Crippen MR) is 108 cm³/mol. The Labute approximate surface area is 170 Å². The van der Waals surface area contributed by atoms with Crippen LogP contribution < -0.4 is 5.32 Å². The number of nitrogens with zero attached hydrogens (tertiary/aromatic N) is 2. The topological polar surface area (TPSA) is 52.7 Å². The summed E-state index contributed by atoms with van der Waals surface area (Å²) in [7, 11) is 1.59. The van der Waals surface area contributed by atoms with Crippen LogP contribution >= 0.6 is 28.1 Å². The molecule has 1 atom stereocenters. The Kier molecular flexibility index (Phi) is 5.86. The van der Waals surface area contributed by atoms with Crippen LogP contribution in [-0.4, -0.2) is 39.8 Å². The number of anilines is 1. The molecule has 1 aliphatic heterocycles. The van der Waals surface area contributed by atoms with Gasteiger partial charge in [0.15, 0.2) is 5.11 Å². The Hall–Kier alpha value is -2.32. The fraction of sp³-hybridized carbons (Fsp3) is 0.211. The van der Waals surface area contributed by atoms with Gasteiger partial charge in [-0.2, -0.15) is 0 Å². The molecule has 0 bridgehead atoms. The van der Waals surface area contributed by atoms with Crippen molar-refractivity contribution in [3.63, 3.8) is 0 Å². The van der Waals surface area contributed by atoms with Crippen molar-refractivity contribution >= 4 is 50.8 Å². The average Bonchev–Trinajstić information content (AvgIpc) is 2.83. The molecular weight excluding hydrogens is 433 g/mol. The Bertz CT molecular complexity index is 874. The van der Waals surface area contributed by atoms with E-state index in [1.54, 1.807) is 36.2 Å². The number of thiocarbonyl (C=S) groups is 1. The zero-order chi connectivity index (χ0) is 19.6. The SMILES string of the molecule is CN1C(=O)C(CC(=O)Nc2ccc(Br)cc2)N(Cc2ccc(F)cc2)C1=S. The molecule has 0 radical (unpaired) electrons. The molecule has 0 spiro atoms. The number of carbonyl (C=O) groups excluding carboxylic acids is 2. The van der Waals surface area contributed by atoms with Gasteiger partial charge in [-0.15, -0.1) is 0 Å². The Balaban J connectivity index is 1.72. The third-order valence-corrected chi connectivity index (χ3v) is 5.33. The molecule has 8 heteroatoms. The Morgan fingerprint density at radius 3 is 2.44 bits per heavy atom. The van der Waals surface area contributed by atoms with Crippen LogP contribution in [0, 0.1) is 5.82 Å². The number of halogens is 2. The van der Waals surface area contributed by atoms with Crippen LogP contribution in [0.4, 0.5) is 10.1 Å². The van der Waals surface area contributed by atoms with Gasteiger partial charge in [-0.05, 0) is 54.2 Å². The van der Waals surface area contributed by atoms with E-state index in [1.807, 2.05) is 12.1 Å². The van der Waals surface area contributed by atoms with Gasteiger partial charge in [0.2, 0.25) is 5.91 Å². The molecule has 1 unspecified atom stereocenters. The van der Waals surface area contributed by atoms with E-state index >= 15 is 0 Å². The Morgan fingerprint density at radius 2 is 1.81 bits per heavy atom. The van der Waals surface area contributed by atoms with Gasteiger partial charge in [0.25, 0.3) is 5.91 Å². The zero-order valence-electron chi connectivity index (χ0n) is 14.5. The molecule has 27 heavy (non-hydrogen) atoms. The van der Waals surface area contributed by atoms with Gasteiger partial charge in [0.05, 0.1) is 6.42 Å². The van der Waals surface area contributed by atoms with Gasteiger partial charge in [-0.3, -0.25) is 14.5 Å². The first kappa shape index (κ1) is 19.4. The summed E-state index contributed by atoms with van der Waals surface area (Å²) in [6, 6.07) is 12.5. The first-order valence-electron chi connectivity index (χ1n) is 8.23. The van der Waals surface area contributed by atoms with Gasteiger partial charge in [-0.1, -0.05) is 28.1 Å². The summed E-state index contributed by atoms with van der Waals surface area (Å²) >= 11 is 8.70. The maximum Gasteiger partial charge on any atom is 0.251 e. The van der Waals surface area contributed by atoms with Crippen molar-refractivity contribution < 1.29 is 14.0 Å². The molecule has 1 heterocycles. The van der Waals surface area contributed by atoms with Gasteiger partial charge in [0, 0.05) is 23.8 Å². The molecule has 140 valence electrons. The molecule has 0 saturated carbocycles. The lowest BCUT2D eigenvalue weighted by molar-refractivity contribution is -0.130. The number of likely N-dealkylation sites (N-methyl/N-ethyl adjacent to an activating group) is 1. The molecule has 1 fully saturated rings. The summed E-state index contributed by atoms with van der Waals surface area (Å²) in [4.78, 5) is 28.1. The van der Waals surface area contributed by atoms with Gasteiger partial charge in [0.1, 0.15) is 11.9 Å². The molecule has 5 nitrogen and oxygen atoms in total. The van der Waals surface area contributed by atoms with Crippen molar-refractivity contribution in [2.24, 2.45) is 0 Å². The fourth-order valence-corrected chi connectivity index (χ4v) is 3.41. The minimum Gasteiger partial charge on any atom is -0.332 e. The first-order chi connectivity index (χ1) is 12.8. The van der Waals surface area contributed by atoms with Crippen molar-refractivity contribution in [2.75, 3.05) is 12.4 Å². The molecule has 3 rings (SSSR count). The minimum absolute atomic E-state index is 0.0272. The summed E-state index contributed by atoms with van der Waals surface area (Å²) < 4.78 is 14.0. The summed E-state index contributed by atoms with van der Waals surface area (Å²) in [6.07, 6.45) is -0.0272. The van der Waals surface area contributed by atoms with Crippen molar-refractivity contribution in [1.29, 1.82) is 0 Å². The average molecular weight is 450 g/mol. The van der Waals surface area contributed by atoms with E-state index in [2.05, 4.69) is 21.2 Å². The number of nitrogens with one attached hydrogen (secondary N) is 1. The van der Waals surface area contributed by atoms with Gasteiger partial charge < -0.3 is 10.2 Å². The number of hydrogen-bond donors (Lipinski definition) is 1. The van der Waals surface area contributed by atoms with Crippen LogP contribution in [0.3, 0.4) is 0 Å². The maximum absolute atomic E-state index is 13.1. The number of rotatable bonds is 5. The summed E-state index contributed by atoms with van der Waals surface area (Å²) in [5.41, 5.74) is 1.45. The highest BCUT2D eigenvalue weighted by molar-refractivity contribution is 9.10. The first-order valence-corrected chi connectivity index (χ1v) is 9.43. The highest BCUT2D eigenvalue weighted by Crippen LogP contribution is 2.23. The van der Waals surface area contributed by atoms with Crippen molar-refractivity contribution in [2.45, 2.75) is 19.0 Å². The predicted octanol–water partition coefficient (Wildman–Crippen LogP) is 3.54. The lowest BCUT2D eigenvalue weighted by Gasteiger charge is -2.23. The van der Waals surface area contributed by atoms with Crippen molar-refractivity contribution in [1.82, 2.24) is 9.80 Å². The summed E-state index contributed by atoms with van der Waals surface area (Å²) in [5, 5.41) is 3.14. The van der Waals surface area contributed by atoms with Crippen LogP contribution in [0.2, 0.25) is 0 Å². The smallest absolute Gasteiger partial charge is 0.251 e. The monoisotopic (exact) mass is 449 g/mol. The van der Waals surface area contributed by atoms with Gasteiger partial charge in [-0.25, -0.2) is 4.39 Å². The second-order valence-corrected chi connectivity index (χ2v) is 7.49. The molecule has 1 N–H and O–H groups in total. The van der Waals surface area contributed by atoms with Crippen LogP contribution in [0.25, 0.3) is 0 Å². The Morgan fingerprint density at radius 1 is 1.19 bits per heavy atom. The van der Waals surface area contributed by atoms with E-state index in [-0.39, 0.29) is 24.1 Å². The summed E-state index contributed by atoms with van der Waals surface area (Å²) in [6.45, 7) is 0.325. The molecule has 1 aliphatic rings. The van der Waals surface area contributed by atoms with Crippen LogP contribution in [-0.2, 0) is 16.1 Å². The van der Waals surface area contributed by atoms with E-state index in [1.165, 1.54) is 17.0 Å². The molecule has 2 aromatic rings. The third kappa shape index (κ3) is 4.51. The highest BCUT2D eigenvalue weighted by atomic mass is 79.9. The molecule has 0 aromatic heterocycles. The second kappa shape index (κ2) is 8.14. The van der Waals surface area contributed by atoms with E-state index in [0.717, 1.165) is 10.0 Å². The maximum atomic E-state index is 13.1.